The van der Waals surface area contributed by atoms with E-state index in [1.54, 1.807) is 0 Å². The number of fused-ring (bicyclic) bond motifs is 6. The van der Waals surface area contributed by atoms with E-state index >= 15 is 0 Å². The molecule has 0 bridgehead atoms. The number of allylic oxidation sites excluding steroid dienone is 2. The zero-order chi connectivity index (χ0) is 18.7. The summed E-state index contributed by atoms with van der Waals surface area (Å²) in [6, 6.07) is 14.0. The molecule has 1 nitrogen and oxygen atoms in total. The summed E-state index contributed by atoms with van der Waals surface area (Å²) in [5.74, 6) is 0. The molecule has 2 unspecified atom stereocenters. The lowest BCUT2D eigenvalue weighted by Gasteiger charge is -2.50. The number of hydrogen-bond acceptors (Lipinski definition) is 0. The predicted octanol–water partition coefficient (Wildman–Crippen LogP) is 6.10. The summed E-state index contributed by atoms with van der Waals surface area (Å²) in [6.07, 6.45) is 16.6. The third-order valence-electron chi connectivity index (χ3n) is 8.03. The Morgan fingerprint density at radius 1 is 0.963 bits per heavy atom. The van der Waals surface area contributed by atoms with Crippen LogP contribution in [-0.2, 0) is 17.4 Å². The molecule has 1 saturated carbocycles. The van der Waals surface area contributed by atoms with E-state index in [2.05, 4.69) is 80.1 Å². The monoisotopic (exact) mass is 358 g/mol. The van der Waals surface area contributed by atoms with Crippen molar-refractivity contribution in [2.45, 2.75) is 76.7 Å². The Bertz CT molecular complexity index is 918. The molecule has 0 amide bonds. The van der Waals surface area contributed by atoms with Crippen LogP contribution >= 0.6 is 0 Å². The maximum atomic E-state index is 2.57. The molecular formula is C26H32N+. The van der Waals surface area contributed by atoms with Gasteiger partial charge in [-0.25, -0.2) is 0 Å². The molecule has 1 aliphatic heterocycles. The summed E-state index contributed by atoms with van der Waals surface area (Å²) in [7, 11) is 0. The van der Waals surface area contributed by atoms with Crippen molar-refractivity contribution in [2.24, 2.45) is 5.41 Å². The maximum absolute atomic E-state index is 2.57. The van der Waals surface area contributed by atoms with Gasteiger partial charge in [0, 0.05) is 18.6 Å². The summed E-state index contributed by atoms with van der Waals surface area (Å²) < 4.78 is 2.57. The van der Waals surface area contributed by atoms with Gasteiger partial charge in [0.1, 0.15) is 0 Å². The smallest absolute Gasteiger partial charge is 0.188 e. The number of aromatic nitrogens is 1. The Hall–Kier alpha value is -1.89. The topological polar surface area (TPSA) is 3.88 Å². The number of benzene rings is 1. The number of pyridine rings is 1. The van der Waals surface area contributed by atoms with Crippen molar-refractivity contribution in [2.75, 3.05) is 0 Å². The van der Waals surface area contributed by atoms with Gasteiger partial charge in [-0.2, -0.15) is 4.57 Å². The van der Waals surface area contributed by atoms with E-state index < -0.39 is 0 Å². The molecule has 0 spiro atoms. The number of hydrogen-bond donors (Lipinski definition) is 0. The van der Waals surface area contributed by atoms with Crippen molar-refractivity contribution in [1.29, 1.82) is 0 Å². The van der Waals surface area contributed by atoms with Crippen LogP contribution < -0.4 is 4.57 Å². The minimum Gasteiger partial charge on any atom is -0.188 e. The first-order chi connectivity index (χ1) is 13.0. The number of nitrogens with zero attached hydrogens (tertiary/aromatic N) is 1. The highest BCUT2D eigenvalue weighted by Crippen LogP contribution is 2.54. The summed E-state index contributed by atoms with van der Waals surface area (Å²) >= 11 is 0. The van der Waals surface area contributed by atoms with Gasteiger partial charge in [0.2, 0.25) is 5.69 Å². The van der Waals surface area contributed by atoms with Crippen LogP contribution in [0.1, 0.15) is 70.4 Å². The van der Waals surface area contributed by atoms with Gasteiger partial charge in [-0.05, 0) is 54.9 Å². The van der Waals surface area contributed by atoms with Crippen molar-refractivity contribution in [3.8, 4) is 11.3 Å². The molecule has 1 fully saturated rings. The molecule has 2 aliphatic carbocycles. The van der Waals surface area contributed by atoms with Gasteiger partial charge in [0.15, 0.2) is 11.7 Å². The molecule has 0 N–H and O–H groups in total. The van der Waals surface area contributed by atoms with Gasteiger partial charge in [-0.3, -0.25) is 0 Å². The first kappa shape index (κ1) is 17.2. The number of rotatable bonds is 3. The highest BCUT2D eigenvalue weighted by molar-refractivity contribution is 5.68. The van der Waals surface area contributed by atoms with Crippen LogP contribution in [0.25, 0.3) is 11.3 Å². The van der Waals surface area contributed by atoms with E-state index in [1.807, 2.05) is 0 Å². The molecule has 1 heteroatoms. The van der Waals surface area contributed by atoms with Crippen LogP contribution in [-0.4, -0.2) is 0 Å². The highest BCUT2D eigenvalue weighted by atomic mass is 15.1. The second kappa shape index (κ2) is 5.80. The van der Waals surface area contributed by atoms with Crippen LogP contribution in [0.5, 0.6) is 0 Å². The molecule has 2 aromatic rings. The molecule has 0 radical (unpaired) electrons. The molecule has 1 aromatic heterocycles. The maximum Gasteiger partial charge on any atom is 0.213 e. The zero-order valence-electron chi connectivity index (χ0n) is 17.1. The van der Waals surface area contributed by atoms with Gasteiger partial charge in [0.05, 0.1) is 11.0 Å². The normalized spacial score (nSPS) is 30.0. The van der Waals surface area contributed by atoms with Crippen LogP contribution in [0.2, 0.25) is 0 Å². The summed E-state index contributed by atoms with van der Waals surface area (Å²) in [5.41, 5.74) is 6.51. The molecule has 1 aromatic carbocycles. The molecule has 140 valence electrons. The van der Waals surface area contributed by atoms with Crippen LogP contribution in [0.15, 0.2) is 54.7 Å². The van der Waals surface area contributed by atoms with Gasteiger partial charge in [0.25, 0.3) is 0 Å². The summed E-state index contributed by atoms with van der Waals surface area (Å²) in [4.78, 5) is 0. The lowest BCUT2D eigenvalue weighted by atomic mass is 9.54. The molecule has 3 aliphatic rings. The Morgan fingerprint density at radius 2 is 1.74 bits per heavy atom. The van der Waals surface area contributed by atoms with Gasteiger partial charge in [-0.15, -0.1) is 0 Å². The summed E-state index contributed by atoms with van der Waals surface area (Å²) in [6.45, 7) is 7.26. The fourth-order valence-corrected chi connectivity index (χ4v) is 6.28. The van der Waals surface area contributed by atoms with Crippen molar-refractivity contribution in [3.63, 3.8) is 0 Å². The Morgan fingerprint density at radius 3 is 2.44 bits per heavy atom. The Balaban J connectivity index is 1.63. The average molecular weight is 359 g/mol. The fourth-order valence-electron chi connectivity index (χ4n) is 6.28. The van der Waals surface area contributed by atoms with E-state index in [4.69, 9.17) is 0 Å². The third-order valence-corrected chi connectivity index (χ3v) is 8.03. The van der Waals surface area contributed by atoms with Gasteiger partial charge in [-0.1, -0.05) is 57.4 Å². The zero-order valence-corrected chi connectivity index (χ0v) is 17.1. The first-order valence-corrected chi connectivity index (χ1v) is 10.9. The van der Waals surface area contributed by atoms with Crippen molar-refractivity contribution >= 4 is 0 Å². The molecule has 5 rings (SSSR count). The lowest BCUT2D eigenvalue weighted by molar-refractivity contribution is -0.758. The second-order valence-electron chi connectivity index (χ2n) is 9.70. The van der Waals surface area contributed by atoms with Crippen LogP contribution in [0, 0.1) is 5.41 Å². The molecule has 0 saturated heterocycles. The molecule has 2 atom stereocenters. The average Bonchev–Trinajstić information content (AvgIpc) is 2.68. The van der Waals surface area contributed by atoms with E-state index in [-0.39, 0.29) is 11.0 Å². The molecule has 27 heavy (non-hydrogen) atoms. The van der Waals surface area contributed by atoms with Crippen LogP contribution in [0.3, 0.4) is 0 Å². The Kier molecular flexibility index (Phi) is 3.70. The van der Waals surface area contributed by atoms with E-state index in [0.717, 1.165) is 6.42 Å². The summed E-state index contributed by atoms with van der Waals surface area (Å²) in [5, 5.41) is 0. The SMILES string of the molecule is CCC12C=CC1(C)c1ccccc1-c1cc(CC3(C)CCCCC3)cc[n+]12. The largest absolute Gasteiger partial charge is 0.213 e. The second-order valence-corrected chi connectivity index (χ2v) is 9.70. The van der Waals surface area contributed by atoms with E-state index in [9.17, 15) is 0 Å². The first-order valence-electron chi connectivity index (χ1n) is 10.9. The van der Waals surface area contributed by atoms with Crippen molar-refractivity contribution < 1.29 is 4.57 Å². The van der Waals surface area contributed by atoms with E-state index in [0.29, 0.717) is 5.41 Å². The van der Waals surface area contributed by atoms with Crippen molar-refractivity contribution in [1.82, 2.24) is 0 Å². The Labute approximate surface area is 164 Å². The van der Waals surface area contributed by atoms with Crippen molar-refractivity contribution in [3.05, 3.63) is 65.9 Å². The standard InChI is InChI=1S/C26H32N/c1-4-26-16-15-25(26,3)22-11-7-6-10-21(22)23-18-20(12-17-27(23)26)19-24(2)13-8-5-9-14-24/h6-7,10-12,15-18H,4-5,8-9,13-14,19H2,1-3H3/q+1. The highest BCUT2D eigenvalue weighted by Gasteiger charge is 2.62. The van der Waals surface area contributed by atoms with Gasteiger partial charge < -0.3 is 0 Å². The molecule has 2 heterocycles. The molecular weight excluding hydrogens is 326 g/mol. The van der Waals surface area contributed by atoms with Crippen LogP contribution in [0.4, 0.5) is 0 Å². The minimum absolute atomic E-state index is 0.0873. The lowest BCUT2D eigenvalue weighted by Crippen LogP contribution is -2.71. The van der Waals surface area contributed by atoms with E-state index in [1.165, 1.54) is 60.9 Å². The quantitative estimate of drug-likeness (QED) is 0.461. The minimum atomic E-state index is 0.0873. The third kappa shape index (κ3) is 2.27. The predicted molar refractivity (Wildman–Crippen MR) is 112 cm³/mol. The van der Waals surface area contributed by atoms with Gasteiger partial charge >= 0.3 is 0 Å². The fraction of sp³-hybridized carbons (Fsp3) is 0.500.